The number of halogens is 1. The molecule has 0 bridgehead atoms. The molecule has 0 radical (unpaired) electrons. The summed E-state index contributed by atoms with van der Waals surface area (Å²) in [6.45, 7) is 5.37. The molecule has 1 aliphatic rings. The van der Waals surface area contributed by atoms with E-state index in [4.69, 9.17) is 29.6 Å². The molecule has 0 amide bonds. The minimum Gasteiger partial charge on any atom is -0.389 e. The molecule has 1 heterocycles. The van der Waals surface area contributed by atoms with Crippen LogP contribution in [0.2, 0.25) is 5.02 Å². The average molecular weight is 335 g/mol. The number of hydrogen-bond acceptors (Lipinski definition) is 4. The molecule has 1 aliphatic heterocycles. The van der Waals surface area contributed by atoms with E-state index in [1.54, 1.807) is 0 Å². The topological polar surface area (TPSA) is 56.3 Å². The van der Waals surface area contributed by atoms with E-state index in [9.17, 15) is 5.26 Å². The summed E-state index contributed by atoms with van der Waals surface area (Å²) < 4.78 is 0. The Balaban J connectivity index is 2.16. The van der Waals surface area contributed by atoms with Crippen LogP contribution >= 0.6 is 23.8 Å². The SMILES string of the molecule is CC(=C(C#N)C(N)=S)N1CCCN(c2ccccc2Cl)CC1. The summed E-state index contributed by atoms with van der Waals surface area (Å²) in [6.07, 6.45) is 0.985. The molecular weight excluding hydrogens is 316 g/mol. The highest BCUT2D eigenvalue weighted by molar-refractivity contribution is 7.80. The molecule has 0 unspecified atom stereocenters. The number of nitrogens with zero attached hydrogens (tertiary/aromatic N) is 3. The maximum absolute atomic E-state index is 9.20. The van der Waals surface area contributed by atoms with E-state index in [2.05, 4.69) is 15.9 Å². The molecule has 116 valence electrons. The highest BCUT2D eigenvalue weighted by atomic mass is 35.5. The van der Waals surface area contributed by atoms with Gasteiger partial charge in [0.2, 0.25) is 0 Å². The fourth-order valence-corrected chi connectivity index (χ4v) is 3.12. The van der Waals surface area contributed by atoms with E-state index in [0.717, 1.165) is 49.0 Å². The van der Waals surface area contributed by atoms with Crippen LogP contribution in [0.25, 0.3) is 0 Å². The summed E-state index contributed by atoms with van der Waals surface area (Å²) in [4.78, 5) is 4.61. The number of nitriles is 1. The minimum absolute atomic E-state index is 0.159. The van der Waals surface area contributed by atoms with Gasteiger partial charge in [-0.15, -0.1) is 0 Å². The van der Waals surface area contributed by atoms with Crippen LogP contribution in [-0.4, -0.2) is 36.1 Å². The maximum atomic E-state index is 9.20. The van der Waals surface area contributed by atoms with Gasteiger partial charge in [0.25, 0.3) is 0 Å². The van der Waals surface area contributed by atoms with Crippen molar-refractivity contribution in [2.75, 3.05) is 31.1 Å². The predicted molar refractivity (Wildman–Crippen MR) is 95.0 cm³/mol. The molecule has 0 aliphatic carbocycles. The number of para-hydroxylation sites is 1. The Morgan fingerprint density at radius 1 is 1.27 bits per heavy atom. The van der Waals surface area contributed by atoms with Crippen LogP contribution in [0.3, 0.4) is 0 Å². The summed E-state index contributed by atoms with van der Waals surface area (Å²) >= 11 is 11.2. The molecule has 1 saturated heterocycles. The number of rotatable bonds is 3. The Bertz CT molecular complexity index is 635. The van der Waals surface area contributed by atoms with Gasteiger partial charge in [-0.25, -0.2) is 0 Å². The molecule has 6 heteroatoms. The van der Waals surface area contributed by atoms with Gasteiger partial charge in [0.1, 0.15) is 16.6 Å². The van der Waals surface area contributed by atoms with Crippen LogP contribution in [-0.2, 0) is 0 Å². The minimum atomic E-state index is 0.159. The van der Waals surface area contributed by atoms with Gasteiger partial charge in [0, 0.05) is 31.9 Å². The summed E-state index contributed by atoms with van der Waals surface area (Å²) in [5.41, 5.74) is 7.95. The second-order valence-electron chi connectivity index (χ2n) is 5.22. The van der Waals surface area contributed by atoms with Gasteiger partial charge in [-0.1, -0.05) is 36.0 Å². The van der Waals surface area contributed by atoms with Gasteiger partial charge < -0.3 is 15.5 Å². The fraction of sp³-hybridized carbons (Fsp3) is 0.375. The lowest BCUT2D eigenvalue weighted by Crippen LogP contribution is -2.31. The first-order chi connectivity index (χ1) is 10.5. The smallest absolute Gasteiger partial charge is 0.116 e. The molecule has 2 N–H and O–H groups in total. The highest BCUT2D eigenvalue weighted by Crippen LogP contribution is 2.26. The number of nitrogens with two attached hydrogens (primary N) is 1. The third-order valence-corrected chi connectivity index (χ3v) is 4.41. The highest BCUT2D eigenvalue weighted by Gasteiger charge is 2.19. The number of benzene rings is 1. The first-order valence-corrected chi connectivity index (χ1v) is 7.98. The van der Waals surface area contributed by atoms with Crippen molar-refractivity contribution < 1.29 is 0 Å². The number of hydrogen-bond donors (Lipinski definition) is 1. The molecule has 0 spiro atoms. The van der Waals surface area contributed by atoms with Crippen molar-refractivity contribution in [2.24, 2.45) is 5.73 Å². The maximum Gasteiger partial charge on any atom is 0.116 e. The predicted octanol–water partition coefficient (Wildman–Crippen LogP) is 2.94. The quantitative estimate of drug-likeness (QED) is 0.523. The standard InChI is InChI=1S/C16H19ClN4S/c1-12(13(11-18)16(19)22)20-7-4-8-21(10-9-20)15-6-3-2-5-14(15)17/h2-3,5-6H,4,7-10H2,1H3,(H2,19,22). The van der Waals surface area contributed by atoms with Gasteiger partial charge in [0.15, 0.2) is 0 Å². The lowest BCUT2D eigenvalue weighted by Gasteiger charge is -2.26. The van der Waals surface area contributed by atoms with Crippen molar-refractivity contribution in [3.8, 4) is 6.07 Å². The Kier molecular flexibility index (Phi) is 5.64. The number of anilines is 1. The first-order valence-electron chi connectivity index (χ1n) is 7.19. The molecule has 0 atom stereocenters. The normalized spacial score (nSPS) is 16.6. The van der Waals surface area contributed by atoms with Crippen LogP contribution in [0.4, 0.5) is 5.69 Å². The van der Waals surface area contributed by atoms with E-state index in [0.29, 0.717) is 5.57 Å². The fourth-order valence-electron chi connectivity index (χ4n) is 2.67. The third kappa shape index (κ3) is 3.70. The molecule has 0 aromatic heterocycles. The van der Waals surface area contributed by atoms with Crippen molar-refractivity contribution >= 4 is 34.5 Å². The van der Waals surface area contributed by atoms with Crippen molar-refractivity contribution in [3.05, 3.63) is 40.6 Å². The molecule has 1 aromatic carbocycles. The van der Waals surface area contributed by atoms with Crippen LogP contribution in [0.15, 0.2) is 35.5 Å². The Hall–Kier alpha value is -1.77. The van der Waals surface area contributed by atoms with Crippen molar-refractivity contribution in [3.63, 3.8) is 0 Å². The molecule has 1 aromatic rings. The van der Waals surface area contributed by atoms with E-state index < -0.39 is 0 Å². The van der Waals surface area contributed by atoms with E-state index >= 15 is 0 Å². The Morgan fingerprint density at radius 3 is 2.64 bits per heavy atom. The van der Waals surface area contributed by atoms with Gasteiger partial charge >= 0.3 is 0 Å². The molecule has 4 nitrogen and oxygen atoms in total. The lowest BCUT2D eigenvalue weighted by molar-refractivity contribution is 0.369. The zero-order valence-corrected chi connectivity index (χ0v) is 14.1. The van der Waals surface area contributed by atoms with Gasteiger partial charge in [-0.2, -0.15) is 5.26 Å². The van der Waals surface area contributed by atoms with Gasteiger partial charge in [0.05, 0.1) is 10.7 Å². The van der Waals surface area contributed by atoms with Crippen molar-refractivity contribution in [1.82, 2.24) is 4.90 Å². The third-order valence-electron chi connectivity index (χ3n) is 3.88. The Morgan fingerprint density at radius 2 is 2.00 bits per heavy atom. The van der Waals surface area contributed by atoms with Crippen molar-refractivity contribution in [1.29, 1.82) is 5.26 Å². The zero-order chi connectivity index (χ0) is 16.1. The second-order valence-corrected chi connectivity index (χ2v) is 6.06. The summed E-state index contributed by atoms with van der Waals surface area (Å²) in [6, 6.07) is 9.98. The van der Waals surface area contributed by atoms with Crippen LogP contribution in [0.1, 0.15) is 13.3 Å². The number of allylic oxidation sites excluding steroid dienone is 1. The largest absolute Gasteiger partial charge is 0.389 e. The van der Waals surface area contributed by atoms with Crippen LogP contribution in [0.5, 0.6) is 0 Å². The monoisotopic (exact) mass is 334 g/mol. The van der Waals surface area contributed by atoms with Crippen LogP contribution < -0.4 is 10.6 Å². The second kappa shape index (κ2) is 7.48. The molecule has 2 rings (SSSR count). The average Bonchev–Trinajstić information content (AvgIpc) is 2.74. The van der Waals surface area contributed by atoms with Gasteiger partial charge in [-0.05, 0) is 25.5 Å². The molecule has 22 heavy (non-hydrogen) atoms. The molecular formula is C16H19ClN4S. The summed E-state index contributed by atoms with van der Waals surface area (Å²) in [7, 11) is 0. The first kappa shape index (κ1) is 16.6. The lowest BCUT2D eigenvalue weighted by atomic mass is 10.2. The molecule has 1 fully saturated rings. The zero-order valence-electron chi connectivity index (χ0n) is 12.6. The van der Waals surface area contributed by atoms with Gasteiger partial charge in [-0.3, -0.25) is 0 Å². The van der Waals surface area contributed by atoms with Crippen molar-refractivity contribution in [2.45, 2.75) is 13.3 Å². The van der Waals surface area contributed by atoms with E-state index in [-0.39, 0.29) is 4.99 Å². The summed E-state index contributed by atoms with van der Waals surface area (Å²) in [5, 5.41) is 9.97. The molecule has 0 saturated carbocycles. The number of thiocarbonyl (C=S) groups is 1. The van der Waals surface area contributed by atoms with Crippen LogP contribution in [0, 0.1) is 11.3 Å². The Labute approximate surface area is 141 Å². The summed E-state index contributed by atoms with van der Waals surface area (Å²) in [5.74, 6) is 0. The van der Waals surface area contributed by atoms with E-state index in [1.165, 1.54) is 0 Å². The van der Waals surface area contributed by atoms with E-state index in [1.807, 2.05) is 31.2 Å².